The molecule has 0 fully saturated rings. The number of benzene rings is 6. The van der Waals surface area contributed by atoms with E-state index in [-0.39, 0.29) is 5.41 Å². The molecular formula is C42H30N2O. The second kappa shape index (κ2) is 9.67. The number of aromatic nitrogens is 1. The summed E-state index contributed by atoms with van der Waals surface area (Å²) in [5, 5.41) is 3.21. The average molecular weight is 579 g/mol. The van der Waals surface area contributed by atoms with Crippen LogP contribution in [0.25, 0.3) is 55.1 Å². The maximum Gasteiger partial charge on any atom is 0.161 e. The number of hydrogen-bond acceptors (Lipinski definition) is 3. The SMILES string of the molecule is CC1(C)c2ccccc2-c2cc(N(c3ccc(-c4ccccc4)cc3)c3cccc4oc5c(ccc6cccnc65)c34)ccc21. The molecule has 0 N–H and O–H groups in total. The largest absolute Gasteiger partial charge is 0.454 e. The van der Waals surface area contributed by atoms with Crippen molar-refractivity contribution in [3.8, 4) is 22.3 Å². The minimum atomic E-state index is -0.0541. The highest BCUT2D eigenvalue weighted by atomic mass is 16.3. The zero-order valence-corrected chi connectivity index (χ0v) is 25.2. The smallest absolute Gasteiger partial charge is 0.161 e. The van der Waals surface area contributed by atoms with E-state index in [0.717, 1.165) is 49.9 Å². The Morgan fingerprint density at radius 1 is 0.600 bits per heavy atom. The summed E-state index contributed by atoms with van der Waals surface area (Å²) < 4.78 is 6.56. The summed E-state index contributed by atoms with van der Waals surface area (Å²) in [5.74, 6) is 0. The van der Waals surface area contributed by atoms with Gasteiger partial charge in [0, 0.05) is 33.8 Å². The lowest BCUT2D eigenvalue weighted by Gasteiger charge is -2.28. The summed E-state index contributed by atoms with van der Waals surface area (Å²) in [5.41, 5.74) is 13.5. The first-order valence-electron chi connectivity index (χ1n) is 15.5. The van der Waals surface area contributed by atoms with Crippen molar-refractivity contribution >= 4 is 49.9 Å². The number of furan rings is 1. The summed E-state index contributed by atoms with van der Waals surface area (Å²) >= 11 is 0. The maximum atomic E-state index is 6.56. The van der Waals surface area contributed by atoms with E-state index in [1.165, 1.54) is 33.4 Å². The first kappa shape index (κ1) is 25.8. The van der Waals surface area contributed by atoms with Gasteiger partial charge in [-0.15, -0.1) is 0 Å². The van der Waals surface area contributed by atoms with Crippen molar-refractivity contribution in [3.05, 3.63) is 157 Å². The number of fused-ring (bicyclic) bond motifs is 8. The van der Waals surface area contributed by atoms with Crippen molar-refractivity contribution in [2.24, 2.45) is 0 Å². The van der Waals surface area contributed by atoms with E-state index in [0.29, 0.717) is 0 Å². The van der Waals surface area contributed by atoms with Crippen LogP contribution in [0.3, 0.4) is 0 Å². The van der Waals surface area contributed by atoms with E-state index in [4.69, 9.17) is 9.40 Å². The van der Waals surface area contributed by atoms with Crippen LogP contribution < -0.4 is 4.90 Å². The zero-order chi connectivity index (χ0) is 30.1. The minimum absolute atomic E-state index is 0.0541. The van der Waals surface area contributed by atoms with Crippen LogP contribution in [0.1, 0.15) is 25.0 Å². The lowest BCUT2D eigenvalue weighted by molar-refractivity contribution is 0.660. The first-order chi connectivity index (χ1) is 22.1. The van der Waals surface area contributed by atoms with Crippen molar-refractivity contribution in [2.75, 3.05) is 4.90 Å². The molecule has 0 saturated carbocycles. The third-order valence-electron chi connectivity index (χ3n) is 9.51. The standard InChI is InChI=1S/C42H30N2O/c1-42(2)35-14-7-6-13-32(35)34-26-31(22-24-36(34)42)44(30-20-17-28(18-21-30)27-10-4-3-5-11-27)37-15-8-16-38-39(37)33-23-19-29-12-9-25-43-40(29)41(33)45-38/h3-26H,1-2H3. The molecule has 0 radical (unpaired) electrons. The van der Waals surface area contributed by atoms with Crippen LogP contribution in [0, 0.1) is 0 Å². The highest BCUT2D eigenvalue weighted by molar-refractivity contribution is 6.18. The quantitative estimate of drug-likeness (QED) is 0.208. The molecule has 2 aromatic heterocycles. The van der Waals surface area contributed by atoms with E-state index in [1.54, 1.807) is 0 Å². The molecule has 0 saturated heterocycles. The van der Waals surface area contributed by atoms with Gasteiger partial charge in [0.25, 0.3) is 0 Å². The summed E-state index contributed by atoms with van der Waals surface area (Å²) in [4.78, 5) is 7.08. The lowest BCUT2D eigenvalue weighted by Crippen LogP contribution is -2.15. The Labute approximate surface area is 262 Å². The molecule has 1 aliphatic carbocycles. The highest BCUT2D eigenvalue weighted by Gasteiger charge is 2.35. The normalized spacial score (nSPS) is 13.3. The molecule has 0 bridgehead atoms. The fraction of sp³-hybridized carbons (Fsp3) is 0.0714. The van der Waals surface area contributed by atoms with E-state index in [2.05, 4.69) is 152 Å². The summed E-state index contributed by atoms with van der Waals surface area (Å²) in [6.45, 7) is 4.65. The molecule has 0 aliphatic heterocycles. The van der Waals surface area contributed by atoms with Gasteiger partial charge in [0.15, 0.2) is 5.58 Å². The van der Waals surface area contributed by atoms with Crippen LogP contribution in [0.5, 0.6) is 0 Å². The van der Waals surface area contributed by atoms with Gasteiger partial charge in [-0.3, -0.25) is 4.98 Å². The van der Waals surface area contributed by atoms with Crippen molar-refractivity contribution < 1.29 is 4.42 Å². The van der Waals surface area contributed by atoms with Crippen LogP contribution >= 0.6 is 0 Å². The molecule has 2 heterocycles. The monoisotopic (exact) mass is 578 g/mol. The van der Waals surface area contributed by atoms with Gasteiger partial charge >= 0.3 is 0 Å². The van der Waals surface area contributed by atoms with Gasteiger partial charge in [-0.05, 0) is 81.9 Å². The molecule has 1 aliphatic rings. The third kappa shape index (κ3) is 3.87. The Kier molecular flexibility index (Phi) is 5.54. The Morgan fingerprint density at radius 3 is 2.22 bits per heavy atom. The Hall–Kier alpha value is -5.67. The number of pyridine rings is 1. The number of hydrogen-bond donors (Lipinski definition) is 0. The van der Waals surface area contributed by atoms with Crippen LogP contribution in [0.4, 0.5) is 17.1 Å². The van der Waals surface area contributed by atoms with Crippen LogP contribution in [0.15, 0.2) is 150 Å². The fourth-order valence-electron chi connectivity index (χ4n) is 7.30. The van der Waals surface area contributed by atoms with Gasteiger partial charge in [-0.1, -0.05) is 105 Å². The number of nitrogens with zero attached hydrogens (tertiary/aromatic N) is 2. The first-order valence-corrected chi connectivity index (χ1v) is 15.5. The Morgan fingerprint density at radius 2 is 1.36 bits per heavy atom. The van der Waals surface area contributed by atoms with Crippen molar-refractivity contribution in [1.82, 2.24) is 4.98 Å². The summed E-state index contributed by atoms with van der Waals surface area (Å²) in [6.07, 6.45) is 1.83. The van der Waals surface area contributed by atoms with E-state index in [1.807, 2.05) is 12.3 Å². The number of anilines is 3. The third-order valence-corrected chi connectivity index (χ3v) is 9.51. The van der Waals surface area contributed by atoms with Crippen LogP contribution in [-0.2, 0) is 5.41 Å². The Bertz CT molecular complexity index is 2400. The predicted molar refractivity (Wildman–Crippen MR) is 187 cm³/mol. The second-order valence-corrected chi connectivity index (χ2v) is 12.4. The van der Waals surface area contributed by atoms with Gasteiger partial charge in [0.05, 0.1) is 11.1 Å². The van der Waals surface area contributed by atoms with Gasteiger partial charge in [0.1, 0.15) is 11.1 Å². The summed E-state index contributed by atoms with van der Waals surface area (Å²) in [6, 6.07) is 49.9. The maximum absolute atomic E-state index is 6.56. The molecule has 0 atom stereocenters. The van der Waals surface area contributed by atoms with Gasteiger partial charge in [-0.2, -0.15) is 0 Å². The second-order valence-electron chi connectivity index (χ2n) is 12.4. The predicted octanol–water partition coefficient (Wildman–Crippen LogP) is 11.6. The topological polar surface area (TPSA) is 29.3 Å². The number of rotatable bonds is 4. The van der Waals surface area contributed by atoms with Crippen molar-refractivity contribution in [1.29, 1.82) is 0 Å². The van der Waals surface area contributed by atoms with E-state index < -0.39 is 0 Å². The van der Waals surface area contributed by atoms with Crippen LogP contribution in [0.2, 0.25) is 0 Å². The highest BCUT2D eigenvalue weighted by Crippen LogP contribution is 2.51. The molecule has 9 rings (SSSR count). The molecule has 3 nitrogen and oxygen atoms in total. The molecule has 3 heteroatoms. The van der Waals surface area contributed by atoms with E-state index in [9.17, 15) is 0 Å². The molecule has 0 unspecified atom stereocenters. The summed E-state index contributed by atoms with van der Waals surface area (Å²) in [7, 11) is 0. The van der Waals surface area contributed by atoms with Gasteiger partial charge in [-0.25, -0.2) is 0 Å². The average Bonchev–Trinajstić information content (AvgIpc) is 3.59. The molecular weight excluding hydrogens is 548 g/mol. The van der Waals surface area contributed by atoms with Gasteiger partial charge in [0.2, 0.25) is 0 Å². The minimum Gasteiger partial charge on any atom is -0.454 e. The molecule has 0 amide bonds. The fourth-order valence-corrected chi connectivity index (χ4v) is 7.30. The zero-order valence-electron chi connectivity index (χ0n) is 25.2. The van der Waals surface area contributed by atoms with Crippen molar-refractivity contribution in [3.63, 3.8) is 0 Å². The van der Waals surface area contributed by atoms with Crippen LogP contribution in [-0.4, -0.2) is 4.98 Å². The van der Waals surface area contributed by atoms with E-state index >= 15 is 0 Å². The molecule has 0 spiro atoms. The molecule has 6 aromatic carbocycles. The molecule has 45 heavy (non-hydrogen) atoms. The van der Waals surface area contributed by atoms with Gasteiger partial charge < -0.3 is 9.32 Å². The lowest BCUT2D eigenvalue weighted by atomic mass is 9.82. The Balaban J connectivity index is 1.30. The van der Waals surface area contributed by atoms with Crippen molar-refractivity contribution in [2.45, 2.75) is 19.3 Å². The molecule has 214 valence electrons. The molecule has 8 aromatic rings.